The number of carbonyl (C=O) groups is 1. The van der Waals surface area contributed by atoms with Crippen LogP contribution in [0.25, 0.3) is 0 Å². The maximum Gasteiger partial charge on any atom is 0.250 e. The molecule has 0 aromatic heterocycles. The number of fused-ring (bicyclic) bond motifs is 1. The van der Waals surface area contributed by atoms with Gasteiger partial charge in [0.1, 0.15) is 6.61 Å². The van der Waals surface area contributed by atoms with Crippen molar-refractivity contribution < 1.29 is 19.0 Å². The van der Waals surface area contributed by atoms with E-state index < -0.39 is 0 Å². The van der Waals surface area contributed by atoms with E-state index >= 15 is 0 Å². The van der Waals surface area contributed by atoms with Crippen LogP contribution in [-0.2, 0) is 9.53 Å². The highest BCUT2D eigenvalue weighted by molar-refractivity contribution is 5.95. The summed E-state index contributed by atoms with van der Waals surface area (Å²) < 4.78 is 15.0. The molecule has 0 radical (unpaired) electrons. The molecule has 1 aromatic rings. The molecule has 0 bridgehead atoms. The molecule has 1 amide bonds. The Morgan fingerprint density at radius 3 is 2.88 bits per heavy atom. The molecule has 0 saturated carbocycles. The largest absolute Gasteiger partial charge is 0.454 e. The normalized spacial score (nSPS) is 12.6. The van der Waals surface area contributed by atoms with Crippen LogP contribution < -0.4 is 20.5 Å². The topological polar surface area (TPSA) is 82.8 Å². The number of ether oxygens (including phenoxy) is 3. The number of nitrogens with one attached hydrogen (secondary N) is 1. The lowest BCUT2D eigenvalue weighted by Crippen LogP contribution is -2.17. The van der Waals surface area contributed by atoms with Crippen molar-refractivity contribution in [2.24, 2.45) is 0 Å². The SMILES string of the molecule is COCC(=O)Nc1cc2c(cc1N)OCO2. The van der Waals surface area contributed by atoms with E-state index in [4.69, 9.17) is 19.9 Å². The van der Waals surface area contributed by atoms with Crippen molar-refractivity contribution in [3.63, 3.8) is 0 Å². The quantitative estimate of drug-likeness (QED) is 0.734. The minimum atomic E-state index is -0.270. The molecular weight excluding hydrogens is 212 g/mol. The number of anilines is 2. The van der Waals surface area contributed by atoms with Gasteiger partial charge in [0.05, 0.1) is 11.4 Å². The van der Waals surface area contributed by atoms with E-state index in [1.807, 2.05) is 0 Å². The standard InChI is InChI=1S/C10H12N2O4/c1-14-4-10(13)12-7-3-9-8(2-6(7)11)15-5-16-9/h2-3H,4-5,11H2,1H3,(H,12,13). The summed E-state index contributed by atoms with van der Waals surface area (Å²) >= 11 is 0. The Balaban J connectivity index is 2.18. The van der Waals surface area contributed by atoms with Crippen LogP contribution in [0.2, 0.25) is 0 Å². The van der Waals surface area contributed by atoms with Crippen molar-refractivity contribution in [3.8, 4) is 11.5 Å². The molecule has 0 fully saturated rings. The number of methoxy groups -OCH3 is 1. The molecule has 0 spiro atoms. The van der Waals surface area contributed by atoms with Gasteiger partial charge in [-0.1, -0.05) is 0 Å². The van der Waals surface area contributed by atoms with Crippen molar-refractivity contribution in [1.82, 2.24) is 0 Å². The first-order valence-corrected chi connectivity index (χ1v) is 4.68. The van der Waals surface area contributed by atoms with Crippen LogP contribution >= 0.6 is 0 Å². The summed E-state index contributed by atoms with van der Waals surface area (Å²) in [6, 6.07) is 3.25. The highest BCUT2D eigenvalue weighted by Crippen LogP contribution is 2.38. The molecule has 0 aliphatic carbocycles. The lowest BCUT2D eigenvalue weighted by atomic mass is 10.2. The van der Waals surface area contributed by atoms with E-state index in [2.05, 4.69) is 5.32 Å². The number of benzene rings is 1. The van der Waals surface area contributed by atoms with Crippen LogP contribution in [0.15, 0.2) is 12.1 Å². The third-order valence-corrected chi connectivity index (χ3v) is 2.09. The number of hydrogen-bond donors (Lipinski definition) is 2. The lowest BCUT2D eigenvalue weighted by Gasteiger charge is -2.08. The molecule has 6 heteroatoms. The van der Waals surface area contributed by atoms with Gasteiger partial charge in [-0.3, -0.25) is 4.79 Å². The van der Waals surface area contributed by atoms with Gasteiger partial charge in [-0.15, -0.1) is 0 Å². The van der Waals surface area contributed by atoms with Gasteiger partial charge in [-0.25, -0.2) is 0 Å². The van der Waals surface area contributed by atoms with E-state index in [0.717, 1.165) is 0 Å². The zero-order valence-corrected chi connectivity index (χ0v) is 8.78. The minimum absolute atomic E-state index is 0.0200. The van der Waals surface area contributed by atoms with E-state index in [0.29, 0.717) is 22.9 Å². The molecular formula is C10H12N2O4. The monoisotopic (exact) mass is 224 g/mol. The second kappa shape index (κ2) is 4.28. The second-order valence-corrected chi connectivity index (χ2v) is 3.27. The zero-order valence-electron chi connectivity index (χ0n) is 8.78. The average molecular weight is 224 g/mol. The van der Waals surface area contributed by atoms with Crippen LogP contribution in [0.1, 0.15) is 0 Å². The maximum atomic E-state index is 11.3. The van der Waals surface area contributed by atoms with Gasteiger partial charge < -0.3 is 25.3 Å². The number of nitrogen functional groups attached to an aromatic ring is 1. The van der Waals surface area contributed by atoms with E-state index in [1.165, 1.54) is 7.11 Å². The van der Waals surface area contributed by atoms with Crippen LogP contribution in [0, 0.1) is 0 Å². The number of amides is 1. The molecule has 0 atom stereocenters. The number of nitrogens with two attached hydrogens (primary N) is 1. The summed E-state index contributed by atoms with van der Waals surface area (Å²) in [7, 11) is 1.45. The van der Waals surface area contributed by atoms with Crippen LogP contribution in [-0.4, -0.2) is 26.4 Å². The predicted octanol–water partition coefficient (Wildman–Crippen LogP) is 0.582. The molecule has 2 rings (SSSR count). The Hall–Kier alpha value is -1.95. The third-order valence-electron chi connectivity index (χ3n) is 2.09. The van der Waals surface area contributed by atoms with Gasteiger partial charge in [-0.05, 0) is 0 Å². The summed E-state index contributed by atoms with van der Waals surface area (Å²) in [5.41, 5.74) is 6.66. The minimum Gasteiger partial charge on any atom is -0.454 e. The smallest absolute Gasteiger partial charge is 0.250 e. The Morgan fingerprint density at radius 1 is 1.50 bits per heavy atom. The zero-order chi connectivity index (χ0) is 11.5. The second-order valence-electron chi connectivity index (χ2n) is 3.27. The summed E-state index contributed by atoms with van der Waals surface area (Å²) in [6.45, 7) is 0.151. The van der Waals surface area contributed by atoms with Crippen LogP contribution in [0.5, 0.6) is 11.5 Å². The van der Waals surface area contributed by atoms with Crippen molar-refractivity contribution in [2.45, 2.75) is 0 Å². The fourth-order valence-corrected chi connectivity index (χ4v) is 1.38. The fourth-order valence-electron chi connectivity index (χ4n) is 1.38. The van der Waals surface area contributed by atoms with Crippen molar-refractivity contribution in [2.75, 3.05) is 31.6 Å². The molecule has 86 valence electrons. The van der Waals surface area contributed by atoms with Crippen LogP contribution in [0.3, 0.4) is 0 Å². The first-order chi connectivity index (χ1) is 7.70. The Bertz CT molecular complexity index is 420. The fraction of sp³-hybridized carbons (Fsp3) is 0.300. The Labute approximate surface area is 92.3 Å². The average Bonchev–Trinajstić information content (AvgIpc) is 2.65. The molecule has 6 nitrogen and oxygen atoms in total. The first kappa shape index (κ1) is 10.6. The highest BCUT2D eigenvalue weighted by atomic mass is 16.7. The van der Waals surface area contributed by atoms with Gasteiger partial charge in [-0.2, -0.15) is 0 Å². The van der Waals surface area contributed by atoms with E-state index in [1.54, 1.807) is 12.1 Å². The number of hydrogen-bond acceptors (Lipinski definition) is 5. The molecule has 1 aliphatic rings. The summed E-state index contributed by atoms with van der Waals surface area (Å²) in [6.07, 6.45) is 0. The van der Waals surface area contributed by atoms with Crippen LogP contribution in [0.4, 0.5) is 11.4 Å². The van der Waals surface area contributed by atoms with Gasteiger partial charge >= 0.3 is 0 Å². The van der Waals surface area contributed by atoms with Crippen molar-refractivity contribution >= 4 is 17.3 Å². The molecule has 0 saturated heterocycles. The molecule has 0 unspecified atom stereocenters. The summed E-state index contributed by atoms with van der Waals surface area (Å²) in [5, 5.41) is 2.62. The molecule has 1 heterocycles. The molecule has 3 N–H and O–H groups in total. The third kappa shape index (κ3) is 2.01. The Morgan fingerprint density at radius 2 is 2.19 bits per heavy atom. The van der Waals surface area contributed by atoms with Gasteiger partial charge in [0, 0.05) is 19.2 Å². The molecule has 1 aliphatic heterocycles. The maximum absolute atomic E-state index is 11.3. The lowest BCUT2D eigenvalue weighted by molar-refractivity contribution is -0.119. The van der Waals surface area contributed by atoms with Gasteiger partial charge in [0.25, 0.3) is 0 Å². The molecule has 16 heavy (non-hydrogen) atoms. The highest BCUT2D eigenvalue weighted by Gasteiger charge is 2.16. The van der Waals surface area contributed by atoms with Crippen molar-refractivity contribution in [1.29, 1.82) is 0 Å². The van der Waals surface area contributed by atoms with E-state index in [-0.39, 0.29) is 19.3 Å². The van der Waals surface area contributed by atoms with Gasteiger partial charge in [0.2, 0.25) is 12.7 Å². The van der Waals surface area contributed by atoms with Gasteiger partial charge in [0.15, 0.2) is 11.5 Å². The number of carbonyl (C=O) groups excluding carboxylic acids is 1. The predicted molar refractivity (Wildman–Crippen MR) is 57.5 cm³/mol. The Kier molecular flexibility index (Phi) is 2.82. The summed E-state index contributed by atoms with van der Waals surface area (Å²) in [5.74, 6) is 0.886. The van der Waals surface area contributed by atoms with E-state index in [9.17, 15) is 4.79 Å². The molecule has 1 aromatic carbocycles. The number of rotatable bonds is 3. The first-order valence-electron chi connectivity index (χ1n) is 4.68. The summed E-state index contributed by atoms with van der Waals surface area (Å²) in [4.78, 5) is 11.3. The van der Waals surface area contributed by atoms with Crippen molar-refractivity contribution in [3.05, 3.63) is 12.1 Å².